The first-order valence-electron chi connectivity index (χ1n) is 5.71. The molecule has 0 radical (unpaired) electrons. The Labute approximate surface area is 125 Å². The fourth-order valence-corrected chi connectivity index (χ4v) is 2.26. The van der Waals surface area contributed by atoms with Crippen LogP contribution >= 0.6 is 23.2 Å². The number of nitrogens with zero attached hydrogens (tertiary/aromatic N) is 1. The van der Waals surface area contributed by atoms with Crippen molar-refractivity contribution in [1.82, 2.24) is 5.43 Å². The summed E-state index contributed by atoms with van der Waals surface area (Å²) < 4.78 is 5.12. The van der Waals surface area contributed by atoms with Gasteiger partial charge in [0.15, 0.2) is 5.75 Å². The van der Waals surface area contributed by atoms with Crippen molar-refractivity contribution in [2.45, 2.75) is 12.8 Å². The summed E-state index contributed by atoms with van der Waals surface area (Å²) in [5, 5.41) is 6.97. The number of carbonyl (C=O) groups is 2. The molecule has 0 bridgehead atoms. The zero-order valence-electron chi connectivity index (χ0n) is 10.5. The summed E-state index contributed by atoms with van der Waals surface area (Å²) in [6, 6.07) is 3.03. The van der Waals surface area contributed by atoms with E-state index in [1.54, 1.807) is 0 Å². The number of rotatable bonds is 3. The lowest BCUT2D eigenvalue weighted by Crippen LogP contribution is -2.32. The van der Waals surface area contributed by atoms with Crippen molar-refractivity contribution >= 4 is 46.4 Å². The summed E-state index contributed by atoms with van der Waals surface area (Å²) in [4.78, 5) is 23.0. The second-order valence-electron chi connectivity index (χ2n) is 4.02. The highest BCUT2D eigenvalue weighted by Gasteiger charge is 2.20. The van der Waals surface area contributed by atoms with Gasteiger partial charge in [-0.3, -0.25) is 9.59 Å². The molecule has 0 unspecified atom stereocenters. The molecule has 1 aromatic carbocycles. The minimum Gasteiger partial charge on any atom is -0.493 e. The molecular weight excluding hydrogens is 305 g/mol. The Morgan fingerprint density at radius 3 is 2.75 bits per heavy atom. The van der Waals surface area contributed by atoms with Gasteiger partial charge < -0.3 is 10.1 Å². The molecule has 0 fully saturated rings. The van der Waals surface area contributed by atoms with E-state index in [2.05, 4.69) is 15.8 Å². The van der Waals surface area contributed by atoms with E-state index in [9.17, 15) is 9.59 Å². The van der Waals surface area contributed by atoms with Crippen LogP contribution in [0.15, 0.2) is 17.2 Å². The Hall–Kier alpha value is -1.79. The van der Waals surface area contributed by atoms with Gasteiger partial charge in [0.2, 0.25) is 5.91 Å². The van der Waals surface area contributed by atoms with Gasteiger partial charge >= 0.3 is 0 Å². The fourth-order valence-electron chi connectivity index (χ4n) is 1.69. The summed E-state index contributed by atoms with van der Waals surface area (Å²) in [6.45, 7) is 0. The van der Waals surface area contributed by atoms with E-state index in [1.165, 1.54) is 19.2 Å². The average Bonchev–Trinajstić information content (AvgIpc) is 2.39. The number of halogens is 2. The number of benzene rings is 1. The Morgan fingerprint density at radius 2 is 2.15 bits per heavy atom. The molecule has 106 valence electrons. The maximum atomic E-state index is 12.0. The van der Waals surface area contributed by atoms with E-state index in [0.717, 1.165) is 0 Å². The maximum Gasteiger partial charge on any atom is 0.271 e. The molecule has 0 aliphatic carbocycles. The predicted octanol–water partition coefficient (Wildman–Crippen LogP) is 2.21. The molecule has 1 aliphatic heterocycles. The number of hydrogen-bond acceptors (Lipinski definition) is 4. The van der Waals surface area contributed by atoms with Crippen LogP contribution in [0.5, 0.6) is 5.75 Å². The SMILES string of the molecule is COc1c(Cl)cc(Cl)cc1NC(=O)C1=NNC(=O)CC1. The fraction of sp³-hybridized carbons (Fsp3) is 0.250. The van der Waals surface area contributed by atoms with Crippen LogP contribution in [-0.4, -0.2) is 24.6 Å². The Bertz CT molecular complexity index is 602. The molecule has 1 heterocycles. The zero-order chi connectivity index (χ0) is 14.7. The van der Waals surface area contributed by atoms with Crippen LogP contribution in [0.2, 0.25) is 10.0 Å². The van der Waals surface area contributed by atoms with E-state index in [4.69, 9.17) is 27.9 Å². The molecular formula is C12H11Cl2N3O3. The first-order chi connectivity index (χ1) is 9.51. The normalized spacial score (nSPS) is 14.3. The van der Waals surface area contributed by atoms with Crippen LogP contribution in [0.25, 0.3) is 0 Å². The summed E-state index contributed by atoms with van der Waals surface area (Å²) in [7, 11) is 1.43. The number of methoxy groups -OCH3 is 1. The van der Waals surface area contributed by atoms with Gasteiger partial charge in [0.1, 0.15) is 5.71 Å². The Morgan fingerprint density at radius 1 is 1.40 bits per heavy atom. The third-order valence-electron chi connectivity index (χ3n) is 2.63. The van der Waals surface area contributed by atoms with Crippen LogP contribution in [0.1, 0.15) is 12.8 Å². The van der Waals surface area contributed by atoms with Crippen LogP contribution < -0.4 is 15.5 Å². The largest absolute Gasteiger partial charge is 0.493 e. The van der Waals surface area contributed by atoms with Crippen LogP contribution in [-0.2, 0) is 9.59 Å². The quantitative estimate of drug-likeness (QED) is 0.897. The van der Waals surface area contributed by atoms with Gasteiger partial charge in [0, 0.05) is 17.9 Å². The average molecular weight is 316 g/mol. The Kier molecular flexibility index (Phi) is 4.46. The van der Waals surface area contributed by atoms with Gasteiger partial charge in [-0.1, -0.05) is 23.2 Å². The summed E-state index contributed by atoms with van der Waals surface area (Å²) in [5.41, 5.74) is 2.82. The van der Waals surface area contributed by atoms with Crippen LogP contribution in [0.3, 0.4) is 0 Å². The van der Waals surface area contributed by atoms with Crippen LogP contribution in [0, 0.1) is 0 Å². The van der Waals surface area contributed by atoms with Gasteiger partial charge in [-0.15, -0.1) is 0 Å². The molecule has 0 spiro atoms. The van der Waals surface area contributed by atoms with E-state index in [1.807, 2.05) is 0 Å². The number of amides is 2. The lowest BCUT2D eigenvalue weighted by atomic mass is 10.1. The van der Waals surface area contributed by atoms with Crippen molar-refractivity contribution in [3.05, 3.63) is 22.2 Å². The lowest BCUT2D eigenvalue weighted by Gasteiger charge is -2.14. The van der Waals surface area contributed by atoms with E-state index >= 15 is 0 Å². The number of ether oxygens (including phenoxy) is 1. The molecule has 20 heavy (non-hydrogen) atoms. The van der Waals surface area contributed by atoms with Crippen molar-refractivity contribution < 1.29 is 14.3 Å². The topological polar surface area (TPSA) is 79.8 Å². The number of hydrogen-bond donors (Lipinski definition) is 2. The molecule has 0 saturated heterocycles. The highest BCUT2D eigenvalue weighted by Crippen LogP contribution is 2.36. The maximum absolute atomic E-state index is 12.0. The highest BCUT2D eigenvalue weighted by molar-refractivity contribution is 6.44. The van der Waals surface area contributed by atoms with Crippen molar-refractivity contribution in [1.29, 1.82) is 0 Å². The zero-order valence-corrected chi connectivity index (χ0v) is 12.0. The third kappa shape index (κ3) is 3.20. The second-order valence-corrected chi connectivity index (χ2v) is 4.86. The van der Waals surface area contributed by atoms with Gasteiger partial charge in [-0.25, -0.2) is 5.43 Å². The van der Waals surface area contributed by atoms with Crippen LogP contribution in [0.4, 0.5) is 5.69 Å². The second kappa shape index (κ2) is 6.11. The van der Waals surface area contributed by atoms with Crippen molar-refractivity contribution in [2.75, 3.05) is 12.4 Å². The smallest absolute Gasteiger partial charge is 0.271 e. The number of hydrazone groups is 1. The Balaban J connectivity index is 2.22. The van der Waals surface area contributed by atoms with E-state index in [0.29, 0.717) is 16.5 Å². The molecule has 2 rings (SSSR count). The van der Waals surface area contributed by atoms with Gasteiger partial charge in [-0.2, -0.15) is 5.10 Å². The molecule has 0 saturated carbocycles. The third-order valence-corrected chi connectivity index (χ3v) is 3.13. The molecule has 0 aromatic heterocycles. The highest BCUT2D eigenvalue weighted by atomic mass is 35.5. The minimum atomic E-state index is -0.443. The van der Waals surface area contributed by atoms with Crippen molar-refractivity contribution in [3.8, 4) is 5.75 Å². The van der Waals surface area contributed by atoms with Gasteiger partial charge in [-0.05, 0) is 12.1 Å². The first-order valence-corrected chi connectivity index (χ1v) is 6.46. The van der Waals surface area contributed by atoms with E-state index < -0.39 is 5.91 Å². The van der Waals surface area contributed by atoms with Gasteiger partial charge in [0.25, 0.3) is 5.91 Å². The number of anilines is 1. The van der Waals surface area contributed by atoms with Crippen molar-refractivity contribution in [2.24, 2.45) is 5.10 Å². The molecule has 0 atom stereocenters. The monoisotopic (exact) mass is 315 g/mol. The number of nitrogens with one attached hydrogen (secondary N) is 2. The molecule has 8 heteroatoms. The van der Waals surface area contributed by atoms with E-state index in [-0.39, 0.29) is 29.5 Å². The standard InChI is InChI=1S/C12H11Cl2N3O3/c1-20-11-7(14)4-6(13)5-9(11)15-12(19)8-2-3-10(18)17-16-8/h4-5H,2-3H2,1H3,(H,15,19)(H,17,18). The molecule has 2 amide bonds. The predicted molar refractivity (Wildman–Crippen MR) is 76.5 cm³/mol. The summed E-state index contributed by atoms with van der Waals surface area (Å²) >= 11 is 11.9. The number of carbonyl (C=O) groups excluding carboxylic acids is 2. The molecule has 1 aromatic rings. The first kappa shape index (κ1) is 14.6. The summed E-state index contributed by atoms with van der Waals surface area (Å²) in [6.07, 6.45) is 0.494. The summed E-state index contributed by atoms with van der Waals surface area (Å²) in [5.74, 6) is -0.351. The van der Waals surface area contributed by atoms with Crippen molar-refractivity contribution in [3.63, 3.8) is 0 Å². The molecule has 1 aliphatic rings. The molecule has 2 N–H and O–H groups in total. The lowest BCUT2D eigenvalue weighted by molar-refractivity contribution is -0.121. The minimum absolute atomic E-state index is 0.218. The molecule has 6 nitrogen and oxygen atoms in total. The van der Waals surface area contributed by atoms with Gasteiger partial charge in [0.05, 0.1) is 17.8 Å².